The molecule has 1 aromatic carbocycles. The van der Waals surface area contributed by atoms with Crippen molar-refractivity contribution in [1.82, 2.24) is 10.3 Å². The van der Waals surface area contributed by atoms with Crippen molar-refractivity contribution in [2.45, 2.75) is 25.7 Å². The number of hydrogen-bond acceptors (Lipinski definition) is 5. The molecule has 7 nitrogen and oxygen atoms in total. The van der Waals surface area contributed by atoms with Crippen LogP contribution in [0.1, 0.15) is 12.5 Å². The lowest BCUT2D eigenvalue weighted by Gasteiger charge is -2.23. The van der Waals surface area contributed by atoms with Gasteiger partial charge in [-0.05, 0) is 42.8 Å². The van der Waals surface area contributed by atoms with Crippen molar-refractivity contribution in [1.29, 1.82) is 0 Å². The minimum absolute atomic E-state index is 0.197. The molecule has 29 heavy (non-hydrogen) atoms. The van der Waals surface area contributed by atoms with Crippen molar-refractivity contribution in [3.63, 3.8) is 0 Å². The summed E-state index contributed by atoms with van der Waals surface area (Å²) in [5.74, 6) is -0.829. The van der Waals surface area contributed by atoms with E-state index in [4.69, 9.17) is 9.47 Å². The SMILES string of the molecule is CCOc1ccc(NC(=O)[C@@H]2[C@@H](C(=O)NCc3cccnc3)[C@H]3C=C[C@@H]2O3)cc1. The Morgan fingerprint density at radius 1 is 1.07 bits per heavy atom. The van der Waals surface area contributed by atoms with Crippen molar-refractivity contribution < 1.29 is 19.1 Å². The van der Waals surface area contributed by atoms with Gasteiger partial charge >= 0.3 is 0 Å². The average Bonchev–Trinajstić information content (AvgIpc) is 3.36. The number of nitrogens with one attached hydrogen (secondary N) is 2. The van der Waals surface area contributed by atoms with Gasteiger partial charge in [0.1, 0.15) is 5.75 Å². The van der Waals surface area contributed by atoms with E-state index in [1.807, 2.05) is 31.2 Å². The molecule has 3 heterocycles. The first kappa shape index (κ1) is 19.1. The Morgan fingerprint density at radius 3 is 2.45 bits per heavy atom. The summed E-state index contributed by atoms with van der Waals surface area (Å²) in [7, 11) is 0. The molecule has 4 rings (SSSR count). The van der Waals surface area contributed by atoms with Crippen molar-refractivity contribution in [3.8, 4) is 5.75 Å². The normalized spacial score (nSPS) is 24.3. The summed E-state index contributed by atoms with van der Waals surface area (Å²) < 4.78 is 11.2. The van der Waals surface area contributed by atoms with Crippen LogP contribution in [0.2, 0.25) is 0 Å². The number of rotatable bonds is 7. The van der Waals surface area contributed by atoms with Crippen LogP contribution in [0.3, 0.4) is 0 Å². The van der Waals surface area contributed by atoms with Crippen molar-refractivity contribution >= 4 is 17.5 Å². The molecule has 0 spiro atoms. The predicted octanol–water partition coefficient (Wildman–Crippen LogP) is 2.30. The van der Waals surface area contributed by atoms with Gasteiger partial charge in [-0.15, -0.1) is 0 Å². The molecular formula is C22H23N3O4. The van der Waals surface area contributed by atoms with E-state index in [1.54, 1.807) is 36.7 Å². The molecule has 1 aromatic heterocycles. The number of benzene rings is 1. The molecule has 0 radical (unpaired) electrons. The first-order chi connectivity index (χ1) is 14.2. The van der Waals surface area contributed by atoms with Crippen LogP contribution in [0.15, 0.2) is 60.9 Å². The Bertz CT molecular complexity index is 898. The maximum absolute atomic E-state index is 13.0. The maximum atomic E-state index is 13.0. The molecule has 2 bridgehead atoms. The molecular weight excluding hydrogens is 370 g/mol. The Morgan fingerprint density at radius 2 is 1.79 bits per heavy atom. The van der Waals surface area contributed by atoms with Gasteiger partial charge in [-0.2, -0.15) is 0 Å². The Labute approximate surface area is 169 Å². The van der Waals surface area contributed by atoms with Crippen LogP contribution in [0.25, 0.3) is 0 Å². The van der Waals surface area contributed by atoms with Gasteiger partial charge in [0.15, 0.2) is 0 Å². The molecule has 2 aromatic rings. The highest BCUT2D eigenvalue weighted by Crippen LogP contribution is 2.40. The first-order valence-electron chi connectivity index (χ1n) is 9.70. The van der Waals surface area contributed by atoms with Gasteiger partial charge in [-0.3, -0.25) is 14.6 Å². The molecule has 0 unspecified atom stereocenters. The lowest BCUT2D eigenvalue weighted by atomic mass is 9.81. The highest BCUT2D eigenvalue weighted by molar-refractivity contribution is 5.97. The number of aromatic nitrogens is 1. The van der Waals surface area contributed by atoms with Crippen LogP contribution in [-0.4, -0.2) is 35.6 Å². The number of fused-ring (bicyclic) bond motifs is 2. The van der Waals surface area contributed by atoms with E-state index < -0.39 is 17.9 Å². The molecule has 4 atom stereocenters. The fraction of sp³-hybridized carbons (Fsp3) is 0.318. The molecule has 2 aliphatic heterocycles. The summed E-state index contributed by atoms with van der Waals surface area (Å²) in [5, 5.41) is 5.80. The summed E-state index contributed by atoms with van der Waals surface area (Å²) >= 11 is 0. The molecule has 0 saturated carbocycles. The molecule has 2 amide bonds. The third-order valence-electron chi connectivity index (χ3n) is 5.13. The maximum Gasteiger partial charge on any atom is 0.231 e. The van der Waals surface area contributed by atoms with Crippen LogP contribution in [-0.2, 0) is 20.9 Å². The fourth-order valence-corrected chi connectivity index (χ4v) is 3.77. The number of nitrogens with zero attached hydrogens (tertiary/aromatic N) is 1. The van der Waals surface area contributed by atoms with E-state index in [9.17, 15) is 9.59 Å². The topological polar surface area (TPSA) is 89.5 Å². The molecule has 2 N–H and O–H groups in total. The number of anilines is 1. The number of carbonyl (C=O) groups excluding carboxylic acids is 2. The summed E-state index contributed by atoms with van der Waals surface area (Å²) in [6.07, 6.45) is 6.33. The van der Waals surface area contributed by atoms with E-state index >= 15 is 0 Å². The van der Waals surface area contributed by atoms with Gasteiger partial charge in [-0.1, -0.05) is 18.2 Å². The summed E-state index contributed by atoms with van der Waals surface area (Å²) in [4.78, 5) is 29.9. The van der Waals surface area contributed by atoms with Gasteiger partial charge in [0.05, 0.1) is 30.7 Å². The zero-order valence-electron chi connectivity index (χ0n) is 16.1. The molecule has 2 aliphatic rings. The van der Waals surface area contributed by atoms with E-state index in [-0.39, 0.29) is 17.9 Å². The largest absolute Gasteiger partial charge is 0.494 e. The van der Waals surface area contributed by atoms with Crippen molar-refractivity contribution in [2.24, 2.45) is 11.8 Å². The Kier molecular flexibility index (Phi) is 5.57. The van der Waals surface area contributed by atoms with Crippen molar-refractivity contribution in [2.75, 3.05) is 11.9 Å². The van der Waals surface area contributed by atoms with Crippen LogP contribution in [0.5, 0.6) is 5.75 Å². The molecule has 1 saturated heterocycles. The van der Waals surface area contributed by atoms with E-state index in [0.29, 0.717) is 18.8 Å². The van der Waals surface area contributed by atoms with E-state index in [1.165, 1.54) is 0 Å². The standard InChI is InChI=1S/C22H23N3O4/c1-2-28-16-7-5-15(6-8-16)25-22(27)20-18-10-9-17(29-18)19(20)21(26)24-13-14-4-3-11-23-12-14/h3-12,17-20H,2,13H2,1H3,(H,24,26)(H,25,27)/t17-,18+,19+,20+/m1/s1. The smallest absolute Gasteiger partial charge is 0.231 e. The van der Waals surface area contributed by atoms with Crippen LogP contribution < -0.4 is 15.4 Å². The number of amides is 2. The zero-order chi connectivity index (χ0) is 20.2. The van der Waals surface area contributed by atoms with Crippen molar-refractivity contribution in [3.05, 3.63) is 66.5 Å². The van der Waals surface area contributed by atoms with Crippen LogP contribution >= 0.6 is 0 Å². The number of ether oxygens (including phenoxy) is 2. The van der Waals surface area contributed by atoms with Gasteiger partial charge in [0.2, 0.25) is 11.8 Å². The van der Waals surface area contributed by atoms with Crippen LogP contribution in [0, 0.1) is 11.8 Å². The third-order valence-corrected chi connectivity index (χ3v) is 5.13. The number of pyridine rings is 1. The fourth-order valence-electron chi connectivity index (χ4n) is 3.77. The average molecular weight is 393 g/mol. The van der Waals surface area contributed by atoms with E-state index in [2.05, 4.69) is 15.6 Å². The highest BCUT2D eigenvalue weighted by atomic mass is 16.5. The highest BCUT2D eigenvalue weighted by Gasteiger charge is 2.52. The lowest BCUT2D eigenvalue weighted by Crippen LogP contribution is -2.44. The molecule has 7 heteroatoms. The quantitative estimate of drug-likeness (QED) is 0.705. The zero-order valence-corrected chi connectivity index (χ0v) is 16.1. The second-order valence-electron chi connectivity index (χ2n) is 7.03. The minimum Gasteiger partial charge on any atom is -0.494 e. The lowest BCUT2D eigenvalue weighted by molar-refractivity contribution is -0.131. The summed E-state index contributed by atoms with van der Waals surface area (Å²) in [6, 6.07) is 10.9. The monoisotopic (exact) mass is 393 g/mol. The number of carbonyl (C=O) groups is 2. The molecule has 0 aliphatic carbocycles. The molecule has 1 fully saturated rings. The Hall–Kier alpha value is -3.19. The number of hydrogen-bond donors (Lipinski definition) is 2. The van der Waals surface area contributed by atoms with Crippen LogP contribution in [0.4, 0.5) is 5.69 Å². The first-order valence-corrected chi connectivity index (χ1v) is 9.70. The second-order valence-corrected chi connectivity index (χ2v) is 7.03. The van der Waals surface area contributed by atoms with Gasteiger partial charge < -0.3 is 20.1 Å². The third kappa shape index (κ3) is 4.14. The van der Waals surface area contributed by atoms with Gasteiger partial charge in [0.25, 0.3) is 0 Å². The Balaban J connectivity index is 1.42. The minimum atomic E-state index is -0.578. The predicted molar refractivity (Wildman–Crippen MR) is 107 cm³/mol. The summed E-state index contributed by atoms with van der Waals surface area (Å²) in [5.41, 5.74) is 1.55. The second kappa shape index (κ2) is 8.45. The van der Waals surface area contributed by atoms with Gasteiger partial charge in [-0.25, -0.2) is 0 Å². The van der Waals surface area contributed by atoms with E-state index in [0.717, 1.165) is 11.3 Å². The van der Waals surface area contributed by atoms with Gasteiger partial charge in [0, 0.05) is 24.6 Å². The molecule has 150 valence electrons. The summed E-state index contributed by atoms with van der Waals surface area (Å²) in [6.45, 7) is 2.85.